The Hall–Kier alpha value is -2.62. The average Bonchev–Trinajstić information content (AvgIpc) is 2.70. The molecule has 4 heteroatoms. The largest absolute Gasteiger partial charge is 0.493 e. The van der Waals surface area contributed by atoms with Crippen LogP contribution in [0.3, 0.4) is 0 Å². The van der Waals surface area contributed by atoms with E-state index in [-0.39, 0.29) is 11.3 Å². The molecule has 28 heavy (non-hydrogen) atoms. The zero-order valence-corrected chi connectivity index (χ0v) is 16.9. The molecule has 4 nitrogen and oxygen atoms in total. The second kappa shape index (κ2) is 11.3. The maximum atomic E-state index is 11.9. The van der Waals surface area contributed by atoms with Crippen LogP contribution < -0.4 is 4.74 Å². The molecule has 0 heterocycles. The van der Waals surface area contributed by atoms with Crippen molar-refractivity contribution in [1.82, 2.24) is 0 Å². The Labute approximate surface area is 167 Å². The number of rotatable bonds is 12. The maximum Gasteiger partial charge on any atom is 0.339 e. The minimum atomic E-state index is -1.03. The van der Waals surface area contributed by atoms with E-state index < -0.39 is 5.97 Å². The molecule has 0 amide bonds. The van der Waals surface area contributed by atoms with Crippen LogP contribution in [0, 0.1) is 0 Å². The Bertz CT molecular complexity index is 795. The standard InChI is InChI=1S/C24H30O4/c1-3-4-5-6-7-8-11-16-28-23-15-14-19(17-22(23)24(26)27)21-13-10-9-12-20(21)18(2)25/h9-10,12-15,17H,3-8,11,16H2,1-2H3,(H,26,27). The Kier molecular flexibility index (Phi) is 8.73. The monoisotopic (exact) mass is 382 g/mol. The van der Waals surface area contributed by atoms with Crippen LogP contribution in [0.2, 0.25) is 0 Å². The molecule has 0 spiro atoms. The first-order valence-corrected chi connectivity index (χ1v) is 10.1. The molecule has 1 N–H and O–H groups in total. The number of benzene rings is 2. The van der Waals surface area contributed by atoms with Gasteiger partial charge in [0, 0.05) is 5.56 Å². The zero-order valence-electron chi connectivity index (χ0n) is 16.9. The van der Waals surface area contributed by atoms with Gasteiger partial charge in [0.05, 0.1) is 6.61 Å². The number of Topliss-reactive ketones (excluding diaryl/α,β-unsaturated/α-hetero) is 1. The van der Waals surface area contributed by atoms with Gasteiger partial charge in [0.25, 0.3) is 0 Å². The molecule has 0 aliphatic rings. The minimum absolute atomic E-state index is 0.0493. The summed E-state index contributed by atoms with van der Waals surface area (Å²) in [5.41, 5.74) is 2.14. The normalized spacial score (nSPS) is 10.6. The molecule has 0 aliphatic carbocycles. The summed E-state index contributed by atoms with van der Waals surface area (Å²) in [7, 11) is 0. The van der Waals surface area contributed by atoms with E-state index in [2.05, 4.69) is 6.92 Å². The van der Waals surface area contributed by atoms with Crippen molar-refractivity contribution in [1.29, 1.82) is 0 Å². The van der Waals surface area contributed by atoms with Crippen LogP contribution in [-0.2, 0) is 0 Å². The first kappa shape index (κ1) is 21.7. The van der Waals surface area contributed by atoms with E-state index in [1.807, 2.05) is 18.2 Å². The summed E-state index contributed by atoms with van der Waals surface area (Å²) < 4.78 is 5.75. The Balaban J connectivity index is 2.04. The van der Waals surface area contributed by atoms with Crippen molar-refractivity contribution in [2.45, 2.75) is 58.8 Å². The van der Waals surface area contributed by atoms with E-state index in [9.17, 15) is 14.7 Å². The van der Waals surface area contributed by atoms with Gasteiger partial charge in [-0.1, -0.05) is 75.8 Å². The highest BCUT2D eigenvalue weighted by atomic mass is 16.5. The van der Waals surface area contributed by atoms with Gasteiger partial charge in [-0.25, -0.2) is 4.79 Å². The lowest BCUT2D eigenvalue weighted by molar-refractivity contribution is 0.0692. The van der Waals surface area contributed by atoms with Crippen LogP contribution in [0.25, 0.3) is 11.1 Å². The molecular weight excluding hydrogens is 352 g/mol. The molecule has 0 radical (unpaired) electrons. The first-order chi connectivity index (χ1) is 13.5. The summed E-state index contributed by atoms with van der Waals surface area (Å²) in [5.74, 6) is -0.703. The fourth-order valence-electron chi connectivity index (χ4n) is 3.27. The second-order valence-electron chi connectivity index (χ2n) is 7.09. The number of carbonyl (C=O) groups excluding carboxylic acids is 1. The van der Waals surface area contributed by atoms with Gasteiger partial charge < -0.3 is 9.84 Å². The fraction of sp³-hybridized carbons (Fsp3) is 0.417. The molecule has 2 aromatic rings. The number of unbranched alkanes of at least 4 members (excludes halogenated alkanes) is 6. The van der Waals surface area contributed by atoms with Crippen LogP contribution in [0.1, 0.15) is 79.5 Å². The minimum Gasteiger partial charge on any atom is -0.493 e. The molecule has 0 aromatic heterocycles. The van der Waals surface area contributed by atoms with E-state index in [1.165, 1.54) is 39.0 Å². The van der Waals surface area contributed by atoms with E-state index in [4.69, 9.17) is 4.74 Å². The molecule has 0 fully saturated rings. The highest BCUT2D eigenvalue weighted by Gasteiger charge is 2.15. The van der Waals surface area contributed by atoms with Crippen molar-refractivity contribution in [2.24, 2.45) is 0 Å². The molecule has 0 bridgehead atoms. The van der Waals surface area contributed by atoms with Gasteiger partial charge >= 0.3 is 5.97 Å². The third-order valence-corrected chi connectivity index (χ3v) is 4.83. The van der Waals surface area contributed by atoms with Crippen LogP contribution in [0.5, 0.6) is 5.75 Å². The number of carboxylic acid groups (broad SMARTS) is 1. The third-order valence-electron chi connectivity index (χ3n) is 4.83. The van der Waals surface area contributed by atoms with Crippen LogP contribution in [0.15, 0.2) is 42.5 Å². The van der Waals surface area contributed by atoms with Gasteiger partial charge in [0.2, 0.25) is 0 Å². The lowest BCUT2D eigenvalue weighted by Gasteiger charge is -2.12. The van der Waals surface area contributed by atoms with E-state index in [1.54, 1.807) is 24.3 Å². The summed E-state index contributed by atoms with van der Waals surface area (Å²) >= 11 is 0. The molecule has 0 aliphatic heterocycles. The highest BCUT2D eigenvalue weighted by Crippen LogP contribution is 2.29. The average molecular weight is 383 g/mol. The highest BCUT2D eigenvalue weighted by molar-refractivity contribution is 6.01. The van der Waals surface area contributed by atoms with E-state index >= 15 is 0 Å². The van der Waals surface area contributed by atoms with Gasteiger partial charge in [0.1, 0.15) is 11.3 Å². The topological polar surface area (TPSA) is 63.6 Å². The van der Waals surface area contributed by atoms with Crippen molar-refractivity contribution in [3.8, 4) is 16.9 Å². The fourth-order valence-corrected chi connectivity index (χ4v) is 3.27. The van der Waals surface area contributed by atoms with Gasteiger partial charge in [0.15, 0.2) is 5.78 Å². The molecule has 150 valence electrons. The summed E-state index contributed by atoms with van der Waals surface area (Å²) in [6, 6.07) is 12.3. The van der Waals surface area contributed by atoms with Gasteiger partial charge in [-0.2, -0.15) is 0 Å². The smallest absolute Gasteiger partial charge is 0.339 e. The van der Waals surface area contributed by atoms with Gasteiger partial charge in [-0.15, -0.1) is 0 Å². The molecule has 2 rings (SSSR count). The Morgan fingerprint density at radius 1 is 0.893 bits per heavy atom. The lowest BCUT2D eigenvalue weighted by atomic mass is 9.96. The molecule has 0 atom stereocenters. The van der Waals surface area contributed by atoms with Gasteiger partial charge in [-0.3, -0.25) is 4.79 Å². The third kappa shape index (κ3) is 6.22. The molecular formula is C24H30O4. The number of carbonyl (C=O) groups is 2. The molecule has 0 saturated carbocycles. The van der Waals surface area contributed by atoms with E-state index in [0.29, 0.717) is 23.5 Å². The molecule has 0 saturated heterocycles. The number of hydrogen-bond acceptors (Lipinski definition) is 3. The summed E-state index contributed by atoms with van der Waals surface area (Å²) in [4.78, 5) is 23.6. The lowest BCUT2D eigenvalue weighted by Crippen LogP contribution is -2.05. The quantitative estimate of drug-likeness (QED) is 0.341. The number of carboxylic acids is 1. The summed E-state index contributed by atoms with van der Waals surface area (Å²) in [6.45, 7) is 4.23. The SMILES string of the molecule is CCCCCCCCCOc1ccc(-c2ccccc2C(C)=O)cc1C(=O)O. The number of ketones is 1. The molecule has 0 unspecified atom stereocenters. The van der Waals surface area contributed by atoms with Crippen molar-refractivity contribution in [3.05, 3.63) is 53.6 Å². The predicted molar refractivity (Wildman–Crippen MR) is 112 cm³/mol. The first-order valence-electron chi connectivity index (χ1n) is 10.1. The molecule has 2 aromatic carbocycles. The van der Waals surface area contributed by atoms with Crippen LogP contribution in [-0.4, -0.2) is 23.5 Å². The van der Waals surface area contributed by atoms with E-state index in [0.717, 1.165) is 18.4 Å². The number of ether oxygens (including phenoxy) is 1. The van der Waals surface area contributed by atoms with Crippen molar-refractivity contribution >= 4 is 11.8 Å². The summed E-state index contributed by atoms with van der Waals surface area (Å²) in [5, 5.41) is 9.59. The van der Waals surface area contributed by atoms with Crippen molar-refractivity contribution < 1.29 is 19.4 Å². The Morgan fingerprint density at radius 3 is 2.25 bits per heavy atom. The van der Waals surface area contributed by atoms with Crippen LogP contribution >= 0.6 is 0 Å². The second-order valence-corrected chi connectivity index (χ2v) is 7.09. The van der Waals surface area contributed by atoms with Crippen molar-refractivity contribution in [3.63, 3.8) is 0 Å². The predicted octanol–water partition coefficient (Wildman–Crippen LogP) is 6.38. The van der Waals surface area contributed by atoms with Crippen molar-refractivity contribution in [2.75, 3.05) is 6.61 Å². The van der Waals surface area contributed by atoms with Gasteiger partial charge in [-0.05, 0) is 36.6 Å². The number of aromatic carboxylic acids is 1. The summed E-state index contributed by atoms with van der Waals surface area (Å²) in [6.07, 6.45) is 8.26. The zero-order chi connectivity index (χ0) is 20.4. The maximum absolute atomic E-state index is 11.9. The number of hydrogen-bond donors (Lipinski definition) is 1. The van der Waals surface area contributed by atoms with Crippen LogP contribution in [0.4, 0.5) is 0 Å². The Morgan fingerprint density at radius 2 is 1.57 bits per heavy atom.